The summed E-state index contributed by atoms with van der Waals surface area (Å²) in [7, 11) is 8.50. The fraction of sp³-hybridized carbons (Fsp3) is 0.800. The van der Waals surface area contributed by atoms with Crippen LogP contribution < -0.4 is 15.7 Å². The molecule has 0 saturated heterocycles. The zero-order valence-corrected chi connectivity index (χ0v) is 14.2. The third kappa shape index (κ3) is 23.4. The summed E-state index contributed by atoms with van der Waals surface area (Å²) in [4.78, 5) is 10.7. The van der Waals surface area contributed by atoms with Crippen LogP contribution in [0.2, 0.25) is 0 Å². The highest BCUT2D eigenvalue weighted by molar-refractivity contribution is 5.71. The van der Waals surface area contributed by atoms with E-state index in [4.69, 9.17) is 10.5 Å². The van der Waals surface area contributed by atoms with Crippen LogP contribution in [-0.2, 0) is 4.79 Å². The molecular weight excluding hydrogens is 282 g/mol. The molecule has 0 saturated carbocycles. The Morgan fingerprint density at radius 3 is 2.05 bits per heavy atom. The van der Waals surface area contributed by atoms with E-state index in [0.717, 1.165) is 4.48 Å². The first kappa shape index (κ1) is 22.6. The van der Waals surface area contributed by atoms with Crippen LogP contribution in [-0.4, -0.2) is 64.3 Å². The standard InChI is InChI=1S/C11H18N4O2.C4H12N/c12-5-2-8-14-7-1-4-10(11(16)17)15-9-3-6-13;1-5(2,3)4/h10,14-15H,1-4,7-9H2,(H,16,17);1-4H3/q;+1/p-1. The average molecular weight is 311 g/mol. The Kier molecular flexibility index (Phi) is 14.7. The lowest BCUT2D eigenvalue weighted by molar-refractivity contribution is -0.849. The van der Waals surface area contributed by atoms with Crippen LogP contribution in [0.4, 0.5) is 0 Å². The summed E-state index contributed by atoms with van der Waals surface area (Å²) in [5.74, 6) is -1.14. The monoisotopic (exact) mass is 311 g/mol. The van der Waals surface area contributed by atoms with Crippen molar-refractivity contribution < 1.29 is 14.4 Å². The number of hydrogen-bond acceptors (Lipinski definition) is 6. The predicted molar refractivity (Wildman–Crippen MR) is 83.3 cm³/mol. The molecule has 0 spiro atoms. The van der Waals surface area contributed by atoms with E-state index >= 15 is 0 Å². The van der Waals surface area contributed by atoms with Gasteiger partial charge >= 0.3 is 0 Å². The molecule has 7 heteroatoms. The molecule has 0 aliphatic carbocycles. The quantitative estimate of drug-likeness (QED) is 0.404. The minimum absolute atomic E-state index is 0.282. The summed E-state index contributed by atoms with van der Waals surface area (Å²) >= 11 is 0. The summed E-state index contributed by atoms with van der Waals surface area (Å²) in [5.41, 5.74) is 0. The fourth-order valence-corrected chi connectivity index (χ4v) is 1.31. The van der Waals surface area contributed by atoms with Gasteiger partial charge in [0.05, 0.1) is 46.3 Å². The molecule has 126 valence electrons. The van der Waals surface area contributed by atoms with Crippen molar-refractivity contribution in [3.63, 3.8) is 0 Å². The van der Waals surface area contributed by atoms with Gasteiger partial charge in [0.25, 0.3) is 0 Å². The van der Waals surface area contributed by atoms with Gasteiger partial charge in [0.1, 0.15) is 0 Å². The van der Waals surface area contributed by atoms with Crippen molar-refractivity contribution in [3.05, 3.63) is 0 Å². The number of carbonyl (C=O) groups excluding carboxylic acids is 1. The van der Waals surface area contributed by atoms with Crippen LogP contribution in [0.15, 0.2) is 0 Å². The lowest BCUT2D eigenvalue weighted by Crippen LogP contribution is -2.46. The van der Waals surface area contributed by atoms with Crippen LogP contribution in [0.25, 0.3) is 0 Å². The Balaban J connectivity index is 0. The van der Waals surface area contributed by atoms with E-state index in [1.165, 1.54) is 0 Å². The van der Waals surface area contributed by atoms with Crippen LogP contribution in [0.1, 0.15) is 25.7 Å². The SMILES string of the molecule is C[N+](C)(C)C.N#CCCNCCCC(NCCC#N)C(=O)[O-]. The number of nitrogens with one attached hydrogen (secondary N) is 2. The molecule has 0 amide bonds. The van der Waals surface area contributed by atoms with Gasteiger partial charge in [-0.15, -0.1) is 0 Å². The third-order valence-electron chi connectivity index (χ3n) is 2.17. The Labute approximate surface area is 134 Å². The molecule has 0 aliphatic heterocycles. The summed E-state index contributed by atoms with van der Waals surface area (Å²) < 4.78 is 1.00. The molecule has 0 rings (SSSR count). The van der Waals surface area contributed by atoms with Gasteiger partial charge in [-0.1, -0.05) is 0 Å². The third-order valence-corrected chi connectivity index (χ3v) is 2.17. The van der Waals surface area contributed by atoms with Crippen molar-refractivity contribution in [2.24, 2.45) is 0 Å². The van der Waals surface area contributed by atoms with Crippen LogP contribution in [0.5, 0.6) is 0 Å². The maximum atomic E-state index is 10.7. The molecule has 2 N–H and O–H groups in total. The van der Waals surface area contributed by atoms with Crippen molar-refractivity contribution >= 4 is 5.97 Å². The highest BCUT2D eigenvalue weighted by atomic mass is 16.4. The molecule has 0 aliphatic rings. The predicted octanol–water partition coefficient (Wildman–Crippen LogP) is -0.786. The number of quaternary nitrogens is 1. The fourth-order valence-electron chi connectivity index (χ4n) is 1.31. The topological polar surface area (TPSA) is 112 Å². The number of hydrogen-bond donors (Lipinski definition) is 2. The number of nitriles is 2. The molecular formula is C15H29N5O2. The molecule has 0 bridgehead atoms. The van der Waals surface area contributed by atoms with Crippen LogP contribution >= 0.6 is 0 Å². The summed E-state index contributed by atoms with van der Waals surface area (Å²) in [5, 5.41) is 33.1. The van der Waals surface area contributed by atoms with Gasteiger partial charge in [-0.05, 0) is 19.4 Å². The largest absolute Gasteiger partial charge is 0.548 e. The molecule has 0 aromatic carbocycles. The van der Waals surface area contributed by atoms with Gasteiger partial charge in [0.15, 0.2) is 0 Å². The second-order valence-corrected chi connectivity index (χ2v) is 6.22. The number of rotatable bonds is 10. The molecule has 0 heterocycles. The number of nitrogens with zero attached hydrogens (tertiary/aromatic N) is 3. The Morgan fingerprint density at radius 1 is 1.09 bits per heavy atom. The zero-order chi connectivity index (χ0) is 17.4. The van der Waals surface area contributed by atoms with Crippen LogP contribution in [0, 0.1) is 22.7 Å². The molecule has 1 unspecified atom stereocenters. The zero-order valence-electron chi connectivity index (χ0n) is 14.2. The lowest BCUT2D eigenvalue weighted by Gasteiger charge is -2.18. The van der Waals surface area contributed by atoms with E-state index in [1.54, 1.807) is 0 Å². The van der Waals surface area contributed by atoms with E-state index in [-0.39, 0.29) is 6.42 Å². The number of aliphatic carboxylic acids is 1. The maximum absolute atomic E-state index is 10.7. The first-order valence-corrected chi connectivity index (χ1v) is 7.40. The highest BCUT2D eigenvalue weighted by Crippen LogP contribution is 1.96. The van der Waals surface area contributed by atoms with Crippen molar-refractivity contribution in [3.8, 4) is 12.1 Å². The van der Waals surface area contributed by atoms with E-state index in [9.17, 15) is 9.90 Å². The van der Waals surface area contributed by atoms with E-state index in [1.807, 2.05) is 12.1 Å². The number of carboxylic acids is 1. The average Bonchev–Trinajstić information content (AvgIpc) is 2.38. The first-order valence-electron chi connectivity index (χ1n) is 7.40. The number of carboxylic acid groups (broad SMARTS) is 1. The minimum Gasteiger partial charge on any atom is -0.548 e. The number of carbonyl (C=O) groups is 1. The molecule has 22 heavy (non-hydrogen) atoms. The van der Waals surface area contributed by atoms with Gasteiger partial charge in [-0.2, -0.15) is 10.5 Å². The van der Waals surface area contributed by atoms with Crippen molar-refractivity contribution in [2.45, 2.75) is 31.7 Å². The van der Waals surface area contributed by atoms with Gasteiger partial charge in [-0.3, -0.25) is 0 Å². The lowest BCUT2D eigenvalue weighted by atomic mass is 10.1. The molecule has 7 nitrogen and oxygen atoms in total. The van der Waals surface area contributed by atoms with Gasteiger partial charge < -0.3 is 25.0 Å². The van der Waals surface area contributed by atoms with Crippen molar-refractivity contribution in [1.82, 2.24) is 10.6 Å². The van der Waals surface area contributed by atoms with E-state index < -0.39 is 12.0 Å². The van der Waals surface area contributed by atoms with E-state index in [2.05, 4.69) is 38.8 Å². The Hall–Kier alpha value is -1.67. The van der Waals surface area contributed by atoms with Gasteiger partial charge in [0, 0.05) is 32.0 Å². The van der Waals surface area contributed by atoms with Crippen LogP contribution in [0.3, 0.4) is 0 Å². The second kappa shape index (κ2) is 14.3. The normalized spacial score (nSPS) is 11.5. The second-order valence-electron chi connectivity index (χ2n) is 6.22. The summed E-state index contributed by atoms with van der Waals surface area (Å²) in [6, 6.07) is 3.24. The summed E-state index contributed by atoms with van der Waals surface area (Å²) in [6.07, 6.45) is 1.87. The maximum Gasteiger partial charge on any atom is 0.0675 e. The molecule has 0 radical (unpaired) electrons. The molecule has 0 aromatic rings. The first-order chi connectivity index (χ1) is 10.2. The smallest absolute Gasteiger partial charge is 0.0675 e. The van der Waals surface area contributed by atoms with Crippen molar-refractivity contribution in [1.29, 1.82) is 10.5 Å². The Bertz CT molecular complexity index is 360. The minimum atomic E-state index is -1.14. The molecule has 0 aromatic heterocycles. The van der Waals surface area contributed by atoms with Gasteiger partial charge in [0.2, 0.25) is 0 Å². The van der Waals surface area contributed by atoms with Gasteiger partial charge in [-0.25, -0.2) is 0 Å². The molecule has 1 atom stereocenters. The molecule has 0 fully saturated rings. The summed E-state index contributed by atoms with van der Waals surface area (Å²) in [6.45, 7) is 1.65. The van der Waals surface area contributed by atoms with Crippen molar-refractivity contribution in [2.75, 3.05) is 47.8 Å². The Morgan fingerprint density at radius 2 is 1.59 bits per heavy atom. The highest BCUT2D eigenvalue weighted by Gasteiger charge is 2.07. The van der Waals surface area contributed by atoms with E-state index in [0.29, 0.717) is 38.9 Å².